The van der Waals surface area contributed by atoms with Crippen LogP contribution in [0, 0.1) is 6.92 Å². The van der Waals surface area contributed by atoms with E-state index >= 15 is 0 Å². The Kier molecular flexibility index (Phi) is 5.95. The standard InChI is InChI=1S/C19H21NO4/c1-13-5-3-4-6-17(13)14(2)11-18(21)20-15-7-9-16(10-8-15)24-12-19(22)23/h3-10,14H,11-12H2,1-2H3,(H,20,21)(H,22,23). The van der Waals surface area contributed by atoms with Gasteiger partial charge in [-0.1, -0.05) is 31.2 Å². The molecular formula is C19H21NO4. The van der Waals surface area contributed by atoms with Crippen LogP contribution in [0.1, 0.15) is 30.4 Å². The predicted molar refractivity (Wildman–Crippen MR) is 92.4 cm³/mol. The number of benzene rings is 2. The van der Waals surface area contributed by atoms with E-state index in [1.54, 1.807) is 24.3 Å². The second kappa shape index (κ2) is 8.15. The van der Waals surface area contributed by atoms with Crippen LogP contribution in [-0.2, 0) is 9.59 Å². The molecule has 0 radical (unpaired) electrons. The molecule has 2 rings (SSSR count). The first-order valence-corrected chi connectivity index (χ1v) is 7.75. The Morgan fingerprint density at radius 2 is 1.79 bits per heavy atom. The average Bonchev–Trinajstić information content (AvgIpc) is 2.54. The van der Waals surface area contributed by atoms with E-state index in [4.69, 9.17) is 9.84 Å². The van der Waals surface area contributed by atoms with Crippen molar-refractivity contribution in [2.75, 3.05) is 11.9 Å². The summed E-state index contributed by atoms with van der Waals surface area (Å²) >= 11 is 0. The van der Waals surface area contributed by atoms with Gasteiger partial charge in [0.05, 0.1) is 0 Å². The maximum Gasteiger partial charge on any atom is 0.341 e. The van der Waals surface area contributed by atoms with E-state index in [1.165, 1.54) is 11.1 Å². The Morgan fingerprint density at radius 1 is 1.12 bits per heavy atom. The van der Waals surface area contributed by atoms with Crippen molar-refractivity contribution in [1.29, 1.82) is 0 Å². The molecule has 2 aromatic rings. The molecule has 0 aliphatic heterocycles. The van der Waals surface area contributed by atoms with Gasteiger partial charge < -0.3 is 15.2 Å². The molecule has 5 heteroatoms. The number of anilines is 1. The highest BCUT2D eigenvalue weighted by Gasteiger charge is 2.13. The molecule has 0 fully saturated rings. The lowest BCUT2D eigenvalue weighted by Crippen LogP contribution is -2.15. The lowest BCUT2D eigenvalue weighted by molar-refractivity contribution is -0.139. The summed E-state index contributed by atoms with van der Waals surface area (Å²) < 4.78 is 5.05. The molecule has 0 aromatic heterocycles. The number of ether oxygens (including phenoxy) is 1. The maximum atomic E-state index is 12.2. The van der Waals surface area contributed by atoms with Gasteiger partial charge in [0.15, 0.2) is 6.61 Å². The SMILES string of the molecule is Cc1ccccc1C(C)CC(=O)Nc1ccc(OCC(=O)O)cc1. The normalized spacial score (nSPS) is 11.6. The Labute approximate surface area is 141 Å². The molecule has 0 saturated heterocycles. The second-order valence-corrected chi connectivity index (χ2v) is 5.72. The van der Waals surface area contributed by atoms with Gasteiger partial charge in [-0.25, -0.2) is 4.79 Å². The summed E-state index contributed by atoms with van der Waals surface area (Å²) in [4.78, 5) is 22.6. The van der Waals surface area contributed by atoms with E-state index in [2.05, 4.69) is 5.32 Å². The van der Waals surface area contributed by atoms with Gasteiger partial charge >= 0.3 is 5.97 Å². The van der Waals surface area contributed by atoms with Crippen molar-refractivity contribution >= 4 is 17.6 Å². The Hall–Kier alpha value is -2.82. The number of carboxylic acid groups (broad SMARTS) is 1. The van der Waals surface area contributed by atoms with E-state index in [-0.39, 0.29) is 18.4 Å². The van der Waals surface area contributed by atoms with Crippen LogP contribution in [0.4, 0.5) is 5.69 Å². The zero-order valence-corrected chi connectivity index (χ0v) is 13.8. The van der Waals surface area contributed by atoms with E-state index in [0.717, 1.165) is 0 Å². The fourth-order valence-electron chi connectivity index (χ4n) is 2.52. The van der Waals surface area contributed by atoms with E-state index < -0.39 is 5.97 Å². The second-order valence-electron chi connectivity index (χ2n) is 5.72. The van der Waals surface area contributed by atoms with Crippen molar-refractivity contribution in [3.05, 3.63) is 59.7 Å². The number of carboxylic acids is 1. The van der Waals surface area contributed by atoms with Gasteiger partial charge in [-0.05, 0) is 48.2 Å². The molecule has 5 nitrogen and oxygen atoms in total. The molecule has 2 N–H and O–H groups in total. The smallest absolute Gasteiger partial charge is 0.341 e. The molecular weight excluding hydrogens is 306 g/mol. The molecule has 0 heterocycles. The quantitative estimate of drug-likeness (QED) is 0.815. The van der Waals surface area contributed by atoms with E-state index in [1.807, 2.05) is 38.1 Å². The van der Waals surface area contributed by atoms with Crippen molar-refractivity contribution < 1.29 is 19.4 Å². The van der Waals surface area contributed by atoms with Gasteiger partial charge in [0.25, 0.3) is 0 Å². The molecule has 24 heavy (non-hydrogen) atoms. The van der Waals surface area contributed by atoms with Gasteiger partial charge in [0, 0.05) is 12.1 Å². The lowest BCUT2D eigenvalue weighted by Gasteiger charge is -2.14. The van der Waals surface area contributed by atoms with Crippen LogP contribution in [0.2, 0.25) is 0 Å². The first-order valence-electron chi connectivity index (χ1n) is 7.75. The summed E-state index contributed by atoms with van der Waals surface area (Å²) in [5.41, 5.74) is 3.00. The highest BCUT2D eigenvalue weighted by molar-refractivity contribution is 5.91. The van der Waals surface area contributed by atoms with Gasteiger partial charge in [-0.3, -0.25) is 4.79 Å². The topological polar surface area (TPSA) is 75.6 Å². The molecule has 1 atom stereocenters. The Balaban J connectivity index is 1.90. The molecule has 0 saturated carbocycles. The van der Waals surface area contributed by atoms with Crippen molar-refractivity contribution in [2.45, 2.75) is 26.2 Å². The molecule has 2 aromatic carbocycles. The summed E-state index contributed by atoms with van der Waals surface area (Å²) in [6.07, 6.45) is 0.391. The van der Waals surface area contributed by atoms with Gasteiger partial charge in [0.1, 0.15) is 5.75 Å². The van der Waals surface area contributed by atoms with Gasteiger partial charge in [-0.2, -0.15) is 0 Å². The van der Waals surface area contributed by atoms with Crippen molar-refractivity contribution in [3.63, 3.8) is 0 Å². The van der Waals surface area contributed by atoms with Crippen LogP contribution in [0.15, 0.2) is 48.5 Å². The number of aryl methyl sites for hydroxylation is 1. The molecule has 0 spiro atoms. The predicted octanol–water partition coefficient (Wildman–Crippen LogP) is 3.59. The molecule has 1 amide bonds. The zero-order chi connectivity index (χ0) is 17.5. The van der Waals surface area contributed by atoms with Crippen LogP contribution in [0.5, 0.6) is 5.75 Å². The fourth-order valence-corrected chi connectivity index (χ4v) is 2.52. The number of amides is 1. The average molecular weight is 327 g/mol. The third-order valence-corrected chi connectivity index (χ3v) is 3.71. The van der Waals surface area contributed by atoms with Crippen LogP contribution >= 0.6 is 0 Å². The van der Waals surface area contributed by atoms with Crippen molar-refractivity contribution in [2.24, 2.45) is 0 Å². The first-order chi connectivity index (χ1) is 11.5. The number of hydrogen-bond acceptors (Lipinski definition) is 3. The van der Waals surface area contributed by atoms with Gasteiger partial charge in [0.2, 0.25) is 5.91 Å². The molecule has 1 unspecified atom stereocenters. The van der Waals surface area contributed by atoms with Crippen LogP contribution in [-0.4, -0.2) is 23.6 Å². The lowest BCUT2D eigenvalue weighted by atomic mass is 9.93. The maximum absolute atomic E-state index is 12.2. The minimum absolute atomic E-state index is 0.0649. The van der Waals surface area contributed by atoms with E-state index in [0.29, 0.717) is 17.9 Å². The van der Waals surface area contributed by atoms with Crippen molar-refractivity contribution in [1.82, 2.24) is 0 Å². The zero-order valence-electron chi connectivity index (χ0n) is 13.8. The summed E-state index contributed by atoms with van der Waals surface area (Å²) in [6, 6.07) is 14.7. The number of carbonyl (C=O) groups excluding carboxylic acids is 1. The fraction of sp³-hybridized carbons (Fsp3) is 0.263. The Bertz CT molecular complexity index is 710. The summed E-state index contributed by atoms with van der Waals surface area (Å²) in [6.45, 7) is 3.68. The largest absolute Gasteiger partial charge is 0.482 e. The molecule has 126 valence electrons. The Morgan fingerprint density at radius 3 is 2.42 bits per heavy atom. The number of aliphatic carboxylic acids is 1. The number of nitrogens with one attached hydrogen (secondary N) is 1. The van der Waals surface area contributed by atoms with Gasteiger partial charge in [-0.15, -0.1) is 0 Å². The summed E-state index contributed by atoms with van der Waals surface area (Å²) in [5, 5.41) is 11.4. The minimum atomic E-state index is -1.03. The molecule has 0 aliphatic rings. The van der Waals surface area contributed by atoms with E-state index in [9.17, 15) is 9.59 Å². The minimum Gasteiger partial charge on any atom is -0.482 e. The number of hydrogen-bond donors (Lipinski definition) is 2. The van der Waals surface area contributed by atoms with Crippen molar-refractivity contribution in [3.8, 4) is 5.75 Å². The van der Waals surface area contributed by atoms with Crippen LogP contribution in [0.25, 0.3) is 0 Å². The highest BCUT2D eigenvalue weighted by atomic mass is 16.5. The molecule has 0 aliphatic carbocycles. The molecule has 0 bridgehead atoms. The third-order valence-electron chi connectivity index (χ3n) is 3.71. The third kappa shape index (κ3) is 5.12. The summed E-state index contributed by atoms with van der Waals surface area (Å²) in [5.74, 6) is -0.518. The summed E-state index contributed by atoms with van der Waals surface area (Å²) in [7, 11) is 0. The van der Waals surface area contributed by atoms with Crippen LogP contribution in [0.3, 0.4) is 0 Å². The van der Waals surface area contributed by atoms with Crippen LogP contribution < -0.4 is 10.1 Å². The highest BCUT2D eigenvalue weighted by Crippen LogP contribution is 2.23. The first kappa shape index (κ1) is 17.5. The number of rotatable bonds is 7. The monoisotopic (exact) mass is 327 g/mol. The number of carbonyl (C=O) groups is 2.